The molecule has 1 aromatic heterocycles. The third kappa shape index (κ3) is 7.47. The summed E-state index contributed by atoms with van der Waals surface area (Å²) >= 11 is 1.34. The maximum atomic E-state index is 12.4. The Morgan fingerprint density at radius 2 is 1.77 bits per heavy atom. The standard InChI is InChI=1S/C23H34N2O4SSi/c1-22(2,3)28-21(27)25-19(20-24-17(14-26)15-30-20)13-16-9-11-18(12-10-16)29-31(7,8)23(4,5)6/h9-12,14-15,19H,13H2,1-8H3,(H,25,27). The molecule has 1 heterocycles. The van der Waals surface area contributed by atoms with Gasteiger partial charge in [0.1, 0.15) is 22.1 Å². The van der Waals surface area contributed by atoms with Crippen molar-refractivity contribution in [1.29, 1.82) is 0 Å². The number of aldehydes is 1. The number of carbonyl (C=O) groups excluding carboxylic acids is 2. The first-order valence-corrected chi connectivity index (χ1v) is 14.2. The van der Waals surface area contributed by atoms with Crippen LogP contribution in [0.25, 0.3) is 0 Å². The van der Waals surface area contributed by atoms with Crippen LogP contribution in [0.1, 0.15) is 68.6 Å². The van der Waals surface area contributed by atoms with Crippen LogP contribution in [0.4, 0.5) is 4.79 Å². The molecular formula is C23H34N2O4SSi. The number of ether oxygens (including phenoxy) is 1. The highest BCUT2D eigenvalue weighted by molar-refractivity contribution is 7.09. The highest BCUT2D eigenvalue weighted by Gasteiger charge is 2.38. The van der Waals surface area contributed by atoms with E-state index in [9.17, 15) is 9.59 Å². The minimum absolute atomic E-state index is 0.120. The van der Waals surface area contributed by atoms with Gasteiger partial charge in [-0.15, -0.1) is 11.3 Å². The smallest absolute Gasteiger partial charge is 0.408 e. The number of aromatic nitrogens is 1. The molecule has 0 fully saturated rings. The molecule has 1 unspecified atom stereocenters. The first-order chi connectivity index (χ1) is 14.2. The van der Waals surface area contributed by atoms with Crippen LogP contribution < -0.4 is 9.74 Å². The van der Waals surface area contributed by atoms with Gasteiger partial charge in [0.25, 0.3) is 0 Å². The van der Waals surface area contributed by atoms with Crippen LogP contribution in [0, 0.1) is 0 Å². The molecular weight excluding hydrogens is 428 g/mol. The Kier molecular flexibility index (Phi) is 7.70. The molecule has 0 saturated carbocycles. The average Bonchev–Trinajstić information content (AvgIpc) is 3.09. The minimum Gasteiger partial charge on any atom is -0.544 e. The summed E-state index contributed by atoms with van der Waals surface area (Å²) in [4.78, 5) is 27.8. The number of nitrogens with one attached hydrogen (secondary N) is 1. The van der Waals surface area contributed by atoms with Gasteiger partial charge in [0.2, 0.25) is 8.32 Å². The summed E-state index contributed by atoms with van der Waals surface area (Å²) < 4.78 is 11.8. The molecule has 2 aromatic rings. The fourth-order valence-electron chi connectivity index (χ4n) is 2.54. The lowest BCUT2D eigenvalue weighted by molar-refractivity contribution is 0.0503. The molecule has 0 bridgehead atoms. The van der Waals surface area contributed by atoms with E-state index >= 15 is 0 Å². The van der Waals surface area contributed by atoms with Crippen LogP contribution in [0.5, 0.6) is 5.75 Å². The van der Waals surface area contributed by atoms with Gasteiger partial charge >= 0.3 is 6.09 Å². The zero-order valence-corrected chi connectivity index (χ0v) is 21.6. The van der Waals surface area contributed by atoms with Gasteiger partial charge < -0.3 is 14.5 Å². The van der Waals surface area contributed by atoms with Crippen molar-refractivity contribution >= 4 is 32.0 Å². The number of carbonyl (C=O) groups is 2. The van der Waals surface area contributed by atoms with E-state index in [-0.39, 0.29) is 5.04 Å². The second-order valence-corrected chi connectivity index (χ2v) is 15.8. The highest BCUT2D eigenvalue weighted by Crippen LogP contribution is 2.37. The van der Waals surface area contributed by atoms with Crippen molar-refractivity contribution in [3.05, 3.63) is 45.9 Å². The molecule has 1 N–H and O–H groups in total. The Balaban J connectivity index is 2.18. The fourth-order valence-corrected chi connectivity index (χ4v) is 4.39. The van der Waals surface area contributed by atoms with E-state index in [0.717, 1.165) is 11.3 Å². The van der Waals surface area contributed by atoms with Crippen molar-refractivity contribution in [3.8, 4) is 5.75 Å². The number of hydrogen-bond acceptors (Lipinski definition) is 6. The molecule has 8 heteroatoms. The molecule has 1 amide bonds. The summed E-state index contributed by atoms with van der Waals surface area (Å²) in [5.41, 5.74) is 0.773. The van der Waals surface area contributed by atoms with Crippen molar-refractivity contribution in [2.75, 3.05) is 0 Å². The van der Waals surface area contributed by atoms with Crippen LogP contribution in [0.15, 0.2) is 29.6 Å². The Labute approximate surface area is 190 Å². The Bertz CT molecular complexity index is 896. The summed E-state index contributed by atoms with van der Waals surface area (Å²) in [7, 11) is -1.91. The van der Waals surface area contributed by atoms with Crippen LogP contribution in [-0.2, 0) is 11.2 Å². The number of hydrogen-bond donors (Lipinski definition) is 1. The van der Waals surface area contributed by atoms with E-state index in [1.807, 2.05) is 45.0 Å². The molecule has 0 radical (unpaired) electrons. The molecule has 0 spiro atoms. The van der Waals surface area contributed by atoms with E-state index in [2.05, 4.69) is 44.2 Å². The van der Waals surface area contributed by atoms with Gasteiger partial charge in [0, 0.05) is 5.38 Å². The molecule has 1 aromatic carbocycles. The molecule has 0 saturated heterocycles. The van der Waals surface area contributed by atoms with Crippen molar-refractivity contribution in [1.82, 2.24) is 10.3 Å². The summed E-state index contributed by atoms with van der Waals surface area (Å²) in [6, 6.07) is 7.54. The predicted octanol–water partition coefficient (Wildman–Crippen LogP) is 6.15. The van der Waals surface area contributed by atoms with E-state index in [4.69, 9.17) is 9.16 Å². The predicted molar refractivity (Wildman–Crippen MR) is 128 cm³/mol. The van der Waals surface area contributed by atoms with Crippen LogP contribution in [0.3, 0.4) is 0 Å². The summed E-state index contributed by atoms with van der Waals surface area (Å²) in [6.45, 7) is 16.5. The summed E-state index contributed by atoms with van der Waals surface area (Å²) in [5, 5.41) is 5.36. The maximum absolute atomic E-state index is 12.4. The van der Waals surface area contributed by atoms with Gasteiger partial charge in [-0.05, 0) is 63.0 Å². The van der Waals surface area contributed by atoms with E-state index in [0.29, 0.717) is 23.4 Å². The molecule has 170 valence electrons. The third-order valence-electron chi connectivity index (χ3n) is 5.19. The lowest BCUT2D eigenvalue weighted by Crippen LogP contribution is -2.43. The van der Waals surface area contributed by atoms with E-state index < -0.39 is 26.1 Å². The van der Waals surface area contributed by atoms with Crippen molar-refractivity contribution < 1.29 is 18.8 Å². The second-order valence-electron chi connectivity index (χ2n) is 10.1. The number of benzene rings is 1. The zero-order valence-electron chi connectivity index (χ0n) is 19.7. The monoisotopic (exact) mass is 462 g/mol. The number of amides is 1. The fraction of sp³-hybridized carbons (Fsp3) is 0.522. The van der Waals surface area contributed by atoms with Gasteiger partial charge in [-0.1, -0.05) is 32.9 Å². The Morgan fingerprint density at radius 1 is 1.16 bits per heavy atom. The van der Waals surface area contributed by atoms with E-state index in [1.165, 1.54) is 11.3 Å². The third-order valence-corrected chi connectivity index (χ3v) is 10.5. The molecule has 31 heavy (non-hydrogen) atoms. The largest absolute Gasteiger partial charge is 0.544 e. The number of thiazole rings is 1. The molecule has 1 atom stereocenters. The second kappa shape index (κ2) is 9.52. The lowest BCUT2D eigenvalue weighted by atomic mass is 10.1. The number of nitrogens with zero attached hydrogens (tertiary/aromatic N) is 1. The van der Waals surface area contributed by atoms with Crippen LogP contribution in [-0.4, -0.2) is 31.3 Å². The van der Waals surface area contributed by atoms with Gasteiger partial charge in [-0.2, -0.15) is 0 Å². The number of rotatable bonds is 7. The van der Waals surface area contributed by atoms with Gasteiger partial charge in [0.15, 0.2) is 6.29 Å². The Morgan fingerprint density at radius 3 is 2.26 bits per heavy atom. The lowest BCUT2D eigenvalue weighted by Gasteiger charge is -2.36. The first-order valence-electron chi connectivity index (χ1n) is 10.4. The number of alkyl carbamates (subject to hydrolysis) is 1. The van der Waals surface area contributed by atoms with Gasteiger partial charge in [-0.25, -0.2) is 9.78 Å². The topological polar surface area (TPSA) is 77.5 Å². The normalized spacial score (nSPS) is 13.4. The van der Waals surface area contributed by atoms with Crippen LogP contribution >= 0.6 is 11.3 Å². The van der Waals surface area contributed by atoms with E-state index in [1.54, 1.807) is 5.38 Å². The quantitative estimate of drug-likeness (QED) is 0.394. The highest BCUT2D eigenvalue weighted by atomic mass is 32.1. The zero-order chi connectivity index (χ0) is 23.4. The van der Waals surface area contributed by atoms with Gasteiger partial charge in [0.05, 0.1) is 6.04 Å². The summed E-state index contributed by atoms with van der Waals surface area (Å²) in [6.07, 6.45) is 0.710. The van der Waals surface area contributed by atoms with Crippen molar-refractivity contribution in [2.24, 2.45) is 0 Å². The molecule has 0 aliphatic carbocycles. The van der Waals surface area contributed by atoms with Crippen molar-refractivity contribution in [2.45, 2.75) is 77.7 Å². The first kappa shape index (κ1) is 25.1. The summed E-state index contributed by atoms with van der Waals surface area (Å²) in [5.74, 6) is 0.851. The maximum Gasteiger partial charge on any atom is 0.408 e. The van der Waals surface area contributed by atoms with Gasteiger partial charge in [-0.3, -0.25) is 4.79 Å². The SMILES string of the molecule is CC(C)(C)OC(=O)NC(Cc1ccc(O[Si](C)(C)C(C)(C)C)cc1)c1nc(C=O)cs1. The molecule has 0 aliphatic rings. The molecule has 2 rings (SSSR count). The molecule has 6 nitrogen and oxygen atoms in total. The molecule has 0 aliphatic heterocycles. The average molecular weight is 463 g/mol. The van der Waals surface area contributed by atoms with Crippen molar-refractivity contribution in [3.63, 3.8) is 0 Å². The Hall–Kier alpha value is -2.19. The van der Waals surface area contributed by atoms with Crippen LogP contribution in [0.2, 0.25) is 18.1 Å². The minimum atomic E-state index is -1.91.